The summed E-state index contributed by atoms with van der Waals surface area (Å²) in [6, 6.07) is 0. The van der Waals surface area contributed by atoms with Gasteiger partial charge in [-0.1, -0.05) is 23.6 Å². The maximum absolute atomic E-state index is 3.94. The molecule has 0 N–H and O–H groups in total. The summed E-state index contributed by atoms with van der Waals surface area (Å²) in [5, 5.41) is 0. The van der Waals surface area contributed by atoms with E-state index in [1.807, 2.05) is 0 Å². The quantitative estimate of drug-likeness (QED) is 0.481. The van der Waals surface area contributed by atoms with Crippen LogP contribution in [0.25, 0.3) is 0 Å². The van der Waals surface area contributed by atoms with Gasteiger partial charge in [0.25, 0.3) is 0 Å². The molecule has 0 spiro atoms. The van der Waals surface area contributed by atoms with Crippen molar-refractivity contribution in [3.8, 4) is 0 Å². The molecule has 0 bridgehead atoms. The topological polar surface area (TPSA) is 3.24 Å². The van der Waals surface area contributed by atoms with E-state index < -0.39 is 0 Å². The molecule has 0 radical (unpaired) electrons. The van der Waals surface area contributed by atoms with Gasteiger partial charge in [0.15, 0.2) is 0 Å². The van der Waals surface area contributed by atoms with Gasteiger partial charge in [-0.2, -0.15) is 0 Å². The highest BCUT2D eigenvalue weighted by Gasteiger charge is 2.09. The molecular weight excluding hydrogens is 194 g/mol. The molecule has 0 saturated carbocycles. The third kappa shape index (κ3) is 6.12. The molecule has 0 amide bonds. The SMILES string of the molecule is C=C(C)CCC/C=C(\C)CN1CCCCC1. The van der Waals surface area contributed by atoms with Crippen molar-refractivity contribution in [3.05, 3.63) is 23.8 Å². The molecular formula is C15H27N. The minimum atomic E-state index is 1.17. The Bertz CT molecular complexity index is 234. The van der Waals surface area contributed by atoms with Crippen LogP contribution in [0.3, 0.4) is 0 Å². The van der Waals surface area contributed by atoms with Gasteiger partial charge in [0.2, 0.25) is 0 Å². The fourth-order valence-corrected chi connectivity index (χ4v) is 2.29. The maximum Gasteiger partial charge on any atom is 0.0190 e. The number of piperidine rings is 1. The van der Waals surface area contributed by atoms with Gasteiger partial charge in [0.1, 0.15) is 0 Å². The van der Waals surface area contributed by atoms with Crippen molar-refractivity contribution in [3.63, 3.8) is 0 Å². The molecule has 16 heavy (non-hydrogen) atoms. The summed E-state index contributed by atoms with van der Waals surface area (Å²) in [7, 11) is 0. The first-order valence-electron chi connectivity index (χ1n) is 6.71. The Balaban J connectivity index is 2.14. The Hall–Kier alpha value is -0.560. The van der Waals surface area contributed by atoms with E-state index in [0.717, 1.165) is 0 Å². The lowest BCUT2D eigenvalue weighted by Gasteiger charge is -2.26. The second-order valence-corrected chi connectivity index (χ2v) is 5.24. The molecule has 0 atom stereocenters. The normalized spacial score (nSPS) is 18.8. The standard InChI is InChI=1S/C15H27N/c1-14(2)9-5-6-10-15(3)13-16-11-7-4-8-12-16/h10H,1,4-9,11-13H2,2-3H3/b15-10+. The van der Waals surface area contributed by atoms with Gasteiger partial charge in [-0.3, -0.25) is 4.90 Å². The van der Waals surface area contributed by atoms with Gasteiger partial charge in [-0.25, -0.2) is 0 Å². The number of likely N-dealkylation sites (tertiary alicyclic amines) is 1. The number of nitrogens with zero attached hydrogens (tertiary/aromatic N) is 1. The Labute approximate surface area is 101 Å². The average Bonchev–Trinajstić information content (AvgIpc) is 2.25. The van der Waals surface area contributed by atoms with Crippen LogP contribution in [-0.2, 0) is 0 Å². The Morgan fingerprint density at radius 1 is 1.19 bits per heavy atom. The predicted molar refractivity (Wildman–Crippen MR) is 72.7 cm³/mol. The Kier molecular flexibility index (Phi) is 6.47. The van der Waals surface area contributed by atoms with Crippen molar-refractivity contribution in [1.29, 1.82) is 0 Å². The number of unbranched alkanes of at least 4 members (excludes halogenated alkanes) is 1. The molecule has 0 aromatic heterocycles. The van der Waals surface area contributed by atoms with E-state index in [2.05, 4.69) is 31.4 Å². The highest BCUT2D eigenvalue weighted by molar-refractivity contribution is 5.01. The molecule has 0 aromatic rings. The zero-order valence-corrected chi connectivity index (χ0v) is 11.1. The van der Waals surface area contributed by atoms with E-state index in [0.29, 0.717) is 0 Å². The number of allylic oxidation sites excluding steroid dienone is 2. The van der Waals surface area contributed by atoms with Gasteiger partial charge >= 0.3 is 0 Å². The molecule has 1 aliphatic rings. The van der Waals surface area contributed by atoms with Crippen molar-refractivity contribution in [2.75, 3.05) is 19.6 Å². The lowest BCUT2D eigenvalue weighted by atomic mass is 10.1. The third-order valence-electron chi connectivity index (χ3n) is 3.22. The molecule has 1 rings (SSSR count). The summed E-state index contributed by atoms with van der Waals surface area (Å²) >= 11 is 0. The Morgan fingerprint density at radius 3 is 2.50 bits per heavy atom. The number of rotatable bonds is 6. The number of hydrogen-bond acceptors (Lipinski definition) is 1. The lowest BCUT2D eigenvalue weighted by Crippen LogP contribution is -2.31. The average molecular weight is 221 g/mol. The van der Waals surface area contributed by atoms with Gasteiger partial charge in [0.05, 0.1) is 0 Å². The van der Waals surface area contributed by atoms with Crippen molar-refractivity contribution < 1.29 is 0 Å². The summed E-state index contributed by atoms with van der Waals surface area (Å²) in [5.41, 5.74) is 2.85. The highest BCUT2D eigenvalue weighted by atomic mass is 15.1. The van der Waals surface area contributed by atoms with Crippen LogP contribution >= 0.6 is 0 Å². The van der Waals surface area contributed by atoms with Gasteiger partial charge in [0, 0.05) is 6.54 Å². The summed E-state index contributed by atoms with van der Waals surface area (Å²) in [5.74, 6) is 0. The molecule has 1 heteroatoms. The monoisotopic (exact) mass is 221 g/mol. The Morgan fingerprint density at radius 2 is 1.88 bits per heavy atom. The molecule has 1 heterocycles. The third-order valence-corrected chi connectivity index (χ3v) is 3.22. The fourth-order valence-electron chi connectivity index (χ4n) is 2.29. The first-order valence-corrected chi connectivity index (χ1v) is 6.71. The van der Waals surface area contributed by atoms with E-state index in [9.17, 15) is 0 Å². The highest BCUT2D eigenvalue weighted by Crippen LogP contribution is 2.12. The van der Waals surface area contributed by atoms with E-state index in [-0.39, 0.29) is 0 Å². The van der Waals surface area contributed by atoms with Crippen LogP contribution in [0.4, 0.5) is 0 Å². The molecule has 1 aliphatic heterocycles. The van der Waals surface area contributed by atoms with E-state index in [4.69, 9.17) is 0 Å². The summed E-state index contributed by atoms with van der Waals surface area (Å²) < 4.78 is 0. The predicted octanol–water partition coefficient (Wildman–Crippen LogP) is 4.17. The van der Waals surface area contributed by atoms with Crippen LogP contribution in [-0.4, -0.2) is 24.5 Å². The fraction of sp³-hybridized carbons (Fsp3) is 0.733. The van der Waals surface area contributed by atoms with Crippen molar-refractivity contribution in [2.45, 2.75) is 52.4 Å². The van der Waals surface area contributed by atoms with Crippen LogP contribution in [0.15, 0.2) is 23.8 Å². The van der Waals surface area contributed by atoms with Crippen molar-refractivity contribution in [1.82, 2.24) is 4.90 Å². The van der Waals surface area contributed by atoms with E-state index >= 15 is 0 Å². The molecule has 1 fully saturated rings. The molecule has 0 aliphatic carbocycles. The summed E-state index contributed by atoms with van der Waals surface area (Å²) in [6.45, 7) is 12.1. The maximum atomic E-state index is 3.94. The van der Waals surface area contributed by atoms with Crippen molar-refractivity contribution >= 4 is 0 Å². The summed E-state index contributed by atoms with van der Waals surface area (Å²) in [6.07, 6.45) is 10.3. The van der Waals surface area contributed by atoms with Gasteiger partial charge in [-0.05, 0) is 59.0 Å². The first-order chi connectivity index (χ1) is 7.68. The van der Waals surface area contributed by atoms with Crippen molar-refractivity contribution in [2.24, 2.45) is 0 Å². The van der Waals surface area contributed by atoms with Gasteiger partial charge in [-0.15, -0.1) is 6.58 Å². The first kappa shape index (κ1) is 13.5. The molecule has 0 aromatic carbocycles. The lowest BCUT2D eigenvalue weighted by molar-refractivity contribution is 0.246. The smallest absolute Gasteiger partial charge is 0.0190 e. The zero-order chi connectivity index (χ0) is 11.8. The number of hydrogen-bond donors (Lipinski definition) is 0. The second kappa shape index (κ2) is 7.67. The van der Waals surface area contributed by atoms with E-state index in [1.54, 1.807) is 5.57 Å². The minimum absolute atomic E-state index is 1.17. The van der Waals surface area contributed by atoms with Crippen LogP contribution in [0.1, 0.15) is 52.4 Å². The molecule has 92 valence electrons. The second-order valence-electron chi connectivity index (χ2n) is 5.24. The minimum Gasteiger partial charge on any atom is -0.299 e. The van der Waals surface area contributed by atoms with Crippen LogP contribution in [0, 0.1) is 0 Å². The van der Waals surface area contributed by atoms with Gasteiger partial charge < -0.3 is 0 Å². The van der Waals surface area contributed by atoms with Crippen LogP contribution in [0.5, 0.6) is 0 Å². The molecule has 1 saturated heterocycles. The molecule has 0 unspecified atom stereocenters. The zero-order valence-electron chi connectivity index (χ0n) is 11.1. The van der Waals surface area contributed by atoms with E-state index in [1.165, 1.54) is 63.7 Å². The summed E-state index contributed by atoms with van der Waals surface area (Å²) in [4.78, 5) is 2.59. The molecule has 1 nitrogen and oxygen atoms in total. The van der Waals surface area contributed by atoms with Crippen LogP contribution in [0.2, 0.25) is 0 Å². The largest absolute Gasteiger partial charge is 0.299 e. The van der Waals surface area contributed by atoms with Crippen LogP contribution < -0.4 is 0 Å².